The summed E-state index contributed by atoms with van der Waals surface area (Å²) in [5.41, 5.74) is 9.54. The number of carbonyl (C=O) groups is 2. The lowest BCUT2D eigenvalue weighted by atomic mass is 10.1. The van der Waals surface area contributed by atoms with Gasteiger partial charge in [-0.25, -0.2) is 0 Å². The summed E-state index contributed by atoms with van der Waals surface area (Å²) in [5, 5.41) is 3.60. The molecule has 25 heavy (non-hydrogen) atoms. The number of aryl methyl sites for hydroxylation is 2. The molecule has 3 aromatic rings. The molecule has 0 aliphatic heterocycles. The predicted octanol–water partition coefficient (Wildman–Crippen LogP) is 3.53. The monoisotopic (exact) mass is 355 g/mol. The number of nitrogen functional groups attached to an aromatic ring is 1. The Kier molecular flexibility index (Phi) is 4.63. The lowest BCUT2D eigenvalue weighted by molar-refractivity contribution is 0.0942. The summed E-state index contributed by atoms with van der Waals surface area (Å²) in [5.74, 6) is -0.341. The number of nitrogens with one attached hydrogen (secondary N) is 1. The Balaban J connectivity index is 1.80. The zero-order chi connectivity index (χ0) is 18.1. The SMILES string of the molecule is CC(=O)n1cc(C(=O)NCCc2ccc(C)cc2)c2c(N)c(C)sc21. The number of aromatic nitrogens is 1. The Morgan fingerprint density at radius 1 is 1.20 bits per heavy atom. The first-order valence-corrected chi connectivity index (χ1v) is 8.94. The maximum absolute atomic E-state index is 12.6. The maximum atomic E-state index is 12.6. The molecule has 0 aliphatic rings. The summed E-state index contributed by atoms with van der Waals surface area (Å²) in [6.07, 6.45) is 2.33. The highest BCUT2D eigenvalue weighted by molar-refractivity contribution is 7.19. The third kappa shape index (κ3) is 3.30. The number of rotatable bonds is 4. The van der Waals surface area contributed by atoms with Crippen molar-refractivity contribution in [1.29, 1.82) is 0 Å². The van der Waals surface area contributed by atoms with E-state index < -0.39 is 0 Å². The second-order valence-corrected chi connectivity index (χ2v) is 7.38. The van der Waals surface area contributed by atoms with Crippen LogP contribution in [0.3, 0.4) is 0 Å². The van der Waals surface area contributed by atoms with E-state index in [2.05, 4.69) is 29.6 Å². The number of nitrogens with two attached hydrogens (primary N) is 1. The van der Waals surface area contributed by atoms with Gasteiger partial charge in [-0.1, -0.05) is 29.8 Å². The number of fused-ring (bicyclic) bond motifs is 1. The molecule has 3 N–H and O–H groups in total. The minimum Gasteiger partial charge on any atom is -0.397 e. The molecule has 0 radical (unpaired) electrons. The number of carbonyl (C=O) groups excluding carboxylic acids is 2. The smallest absolute Gasteiger partial charge is 0.253 e. The molecular formula is C19H21N3O2S. The van der Waals surface area contributed by atoms with E-state index in [9.17, 15) is 9.59 Å². The number of amides is 1. The molecule has 0 spiro atoms. The zero-order valence-electron chi connectivity index (χ0n) is 14.6. The van der Waals surface area contributed by atoms with Crippen molar-refractivity contribution in [1.82, 2.24) is 9.88 Å². The number of thiophene rings is 1. The minimum atomic E-state index is -0.207. The van der Waals surface area contributed by atoms with Crippen molar-refractivity contribution in [2.75, 3.05) is 12.3 Å². The minimum absolute atomic E-state index is 0.134. The normalized spacial score (nSPS) is 11.0. The van der Waals surface area contributed by atoms with Crippen LogP contribution in [0.1, 0.15) is 38.1 Å². The van der Waals surface area contributed by atoms with Crippen LogP contribution < -0.4 is 11.1 Å². The molecule has 5 nitrogen and oxygen atoms in total. The lowest BCUT2D eigenvalue weighted by Gasteiger charge is -2.05. The Morgan fingerprint density at radius 3 is 2.52 bits per heavy atom. The molecule has 2 heterocycles. The summed E-state index contributed by atoms with van der Waals surface area (Å²) in [7, 11) is 0. The molecule has 3 rings (SSSR count). The van der Waals surface area contributed by atoms with Crippen molar-refractivity contribution in [3.8, 4) is 0 Å². The van der Waals surface area contributed by atoms with Crippen molar-refractivity contribution >= 4 is 39.1 Å². The second-order valence-electron chi connectivity index (χ2n) is 6.18. The van der Waals surface area contributed by atoms with Crippen molar-refractivity contribution < 1.29 is 9.59 Å². The molecule has 0 aliphatic carbocycles. The van der Waals surface area contributed by atoms with Crippen molar-refractivity contribution in [2.45, 2.75) is 27.2 Å². The van der Waals surface area contributed by atoms with Gasteiger partial charge >= 0.3 is 0 Å². The number of anilines is 1. The summed E-state index contributed by atoms with van der Waals surface area (Å²) < 4.78 is 1.50. The molecular weight excluding hydrogens is 334 g/mol. The first kappa shape index (κ1) is 17.2. The van der Waals surface area contributed by atoms with Crippen LogP contribution in [0.4, 0.5) is 5.69 Å². The van der Waals surface area contributed by atoms with Crippen LogP contribution in [0.2, 0.25) is 0 Å². The molecule has 0 atom stereocenters. The van der Waals surface area contributed by atoms with Crippen LogP contribution in [0, 0.1) is 13.8 Å². The highest BCUT2D eigenvalue weighted by Gasteiger charge is 2.22. The van der Waals surface area contributed by atoms with Gasteiger partial charge in [0.2, 0.25) is 5.91 Å². The molecule has 130 valence electrons. The number of benzene rings is 1. The molecule has 1 amide bonds. The molecule has 0 bridgehead atoms. The van der Waals surface area contributed by atoms with Gasteiger partial charge in [0.15, 0.2) is 0 Å². The van der Waals surface area contributed by atoms with Crippen LogP contribution in [0.5, 0.6) is 0 Å². The van der Waals surface area contributed by atoms with Crippen LogP contribution in [0.25, 0.3) is 10.2 Å². The van der Waals surface area contributed by atoms with Gasteiger partial charge in [-0.2, -0.15) is 0 Å². The third-order valence-corrected chi connectivity index (χ3v) is 5.38. The fourth-order valence-electron chi connectivity index (χ4n) is 2.80. The first-order chi connectivity index (χ1) is 11.9. The van der Waals surface area contributed by atoms with E-state index in [-0.39, 0.29) is 11.8 Å². The molecule has 0 fully saturated rings. The van der Waals surface area contributed by atoms with E-state index in [0.29, 0.717) is 23.2 Å². The van der Waals surface area contributed by atoms with Crippen molar-refractivity contribution in [2.24, 2.45) is 0 Å². The highest BCUT2D eigenvalue weighted by Crippen LogP contribution is 2.36. The van der Waals surface area contributed by atoms with Gasteiger partial charge in [0.05, 0.1) is 11.3 Å². The Morgan fingerprint density at radius 2 is 1.88 bits per heavy atom. The first-order valence-electron chi connectivity index (χ1n) is 8.13. The number of nitrogens with zero attached hydrogens (tertiary/aromatic N) is 1. The van der Waals surface area contributed by atoms with E-state index >= 15 is 0 Å². The van der Waals surface area contributed by atoms with E-state index in [1.165, 1.54) is 34.0 Å². The van der Waals surface area contributed by atoms with Crippen molar-refractivity contribution in [3.05, 3.63) is 52.0 Å². The average Bonchev–Trinajstić information content (AvgIpc) is 3.07. The highest BCUT2D eigenvalue weighted by atomic mass is 32.1. The Labute approximate surface area is 150 Å². The topological polar surface area (TPSA) is 77.1 Å². The van der Waals surface area contributed by atoms with Crippen molar-refractivity contribution in [3.63, 3.8) is 0 Å². The summed E-state index contributed by atoms with van der Waals surface area (Å²) in [6.45, 7) is 5.94. The standard InChI is InChI=1S/C19H21N3O2S/c1-11-4-6-14(7-5-11)8-9-21-18(24)15-10-22(13(3)23)19-16(15)17(20)12(2)25-19/h4-7,10H,8-9,20H2,1-3H3,(H,21,24). The number of hydrogen-bond donors (Lipinski definition) is 2. The molecule has 1 aromatic carbocycles. The molecule has 0 unspecified atom stereocenters. The number of hydrogen-bond acceptors (Lipinski definition) is 4. The lowest BCUT2D eigenvalue weighted by Crippen LogP contribution is -2.25. The predicted molar refractivity (Wildman–Crippen MR) is 102 cm³/mol. The van der Waals surface area contributed by atoms with E-state index in [0.717, 1.165) is 16.1 Å². The van der Waals surface area contributed by atoms with Gasteiger partial charge in [-0.05, 0) is 25.8 Å². The van der Waals surface area contributed by atoms with Crippen LogP contribution in [-0.2, 0) is 6.42 Å². The summed E-state index contributed by atoms with van der Waals surface area (Å²) >= 11 is 1.43. The van der Waals surface area contributed by atoms with Gasteiger partial charge in [0, 0.05) is 29.9 Å². The summed E-state index contributed by atoms with van der Waals surface area (Å²) in [6, 6.07) is 8.24. The van der Waals surface area contributed by atoms with Gasteiger partial charge < -0.3 is 11.1 Å². The zero-order valence-corrected chi connectivity index (χ0v) is 15.4. The van der Waals surface area contributed by atoms with Crippen LogP contribution in [0.15, 0.2) is 30.5 Å². The van der Waals surface area contributed by atoms with Gasteiger partial charge in [-0.15, -0.1) is 11.3 Å². The maximum Gasteiger partial charge on any atom is 0.253 e. The summed E-state index contributed by atoms with van der Waals surface area (Å²) in [4.78, 5) is 26.1. The fourth-order valence-corrected chi connectivity index (χ4v) is 3.90. The van der Waals surface area contributed by atoms with E-state index in [1.807, 2.05) is 13.8 Å². The molecule has 2 aromatic heterocycles. The molecule has 0 saturated heterocycles. The van der Waals surface area contributed by atoms with Crippen LogP contribution >= 0.6 is 11.3 Å². The Bertz CT molecular complexity index is 951. The van der Waals surface area contributed by atoms with Gasteiger partial charge in [0.1, 0.15) is 4.83 Å². The quantitative estimate of drug-likeness (QED) is 0.751. The Hall–Kier alpha value is -2.60. The van der Waals surface area contributed by atoms with Crippen LogP contribution in [-0.4, -0.2) is 22.9 Å². The fraction of sp³-hybridized carbons (Fsp3) is 0.263. The van der Waals surface area contributed by atoms with E-state index in [1.54, 1.807) is 6.20 Å². The largest absolute Gasteiger partial charge is 0.397 e. The molecule has 6 heteroatoms. The van der Waals surface area contributed by atoms with Gasteiger partial charge in [0.25, 0.3) is 5.91 Å². The third-order valence-electron chi connectivity index (χ3n) is 4.26. The molecule has 0 saturated carbocycles. The average molecular weight is 355 g/mol. The van der Waals surface area contributed by atoms with Gasteiger partial charge in [-0.3, -0.25) is 14.2 Å². The van der Waals surface area contributed by atoms with E-state index in [4.69, 9.17) is 5.73 Å². The second kappa shape index (κ2) is 6.72.